The second kappa shape index (κ2) is 11.6. The zero-order valence-corrected chi connectivity index (χ0v) is 18.2. The van der Waals surface area contributed by atoms with E-state index in [1.807, 2.05) is 42.7 Å². The van der Waals surface area contributed by atoms with Crippen LogP contribution in [-0.4, -0.2) is 36.4 Å². The number of aliphatic imine (C=N–C) groups is 1. The van der Waals surface area contributed by atoms with E-state index in [9.17, 15) is 4.79 Å². The van der Waals surface area contributed by atoms with Gasteiger partial charge in [0.15, 0.2) is 5.71 Å². The minimum absolute atomic E-state index is 0.263. The summed E-state index contributed by atoms with van der Waals surface area (Å²) in [5.41, 5.74) is 4.25. The lowest BCUT2D eigenvalue weighted by Crippen LogP contribution is -2.29. The van der Waals surface area contributed by atoms with Gasteiger partial charge in [-0.1, -0.05) is 60.2 Å². The molecular weight excluding hydrogens is 390 g/mol. The Bertz CT molecular complexity index is 849. The molecule has 0 aliphatic rings. The summed E-state index contributed by atoms with van der Waals surface area (Å²) >= 11 is 3.24. The molecule has 0 bridgehead atoms. The maximum absolute atomic E-state index is 12.2. The fraction of sp³-hybridized carbons (Fsp3) is 0.286. The van der Waals surface area contributed by atoms with Gasteiger partial charge >= 0.3 is 0 Å². The number of hydrogen-bond donors (Lipinski definition) is 1. The van der Waals surface area contributed by atoms with Crippen LogP contribution in [0.1, 0.15) is 23.6 Å². The van der Waals surface area contributed by atoms with E-state index in [4.69, 9.17) is 9.83 Å². The van der Waals surface area contributed by atoms with Crippen molar-refractivity contribution in [1.29, 1.82) is 0 Å². The summed E-state index contributed by atoms with van der Waals surface area (Å²) in [4.78, 5) is 21.8. The molecule has 148 valence electrons. The van der Waals surface area contributed by atoms with Crippen LogP contribution in [0.25, 0.3) is 0 Å². The van der Waals surface area contributed by atoms with Gasteiger partial charge in [0.2, 0.25) is 0 Å². The second-order valence-corrected chi connectivity index (χ2v) is 7.77. The molecule has 0 heterocycles. The molecule has 0 radical (unpaired) electrons. The van der Waals surface area contributed by atoms with Crippen LogP contribution in [0.3, 0.4) is 0 Å². The van der Waals surface area contributed by atoms with Gasteiger partial charge in [0.1, 0.15) is 11.5 Å². The highest BCUT2D eigenvalue weighted by molar-refractivity contribution is 8.38. The molecule has 7 heteroatoms. The van der Waals surface area contributed by atoms with Crippen molar-refractivity contribution in [1.82, 2.24) is 5.32 Å². The molecule has 1 amide bonds. The van der Waals surface area contributed by atoms with E-state index < -0.39 is 0 Å². The summed E-state index contributed by atoms with van der Waals surface area (Å²) in [6.45, 7) is 2.14. The van der Waals surface area contributed by atoms with Crippen LogP contribution in [-0.2, 0) is 21.8 Å². The molecule has 1 N–H and O–H groups in total. The number of carbonyl (C=O) groups excluding carboxylic acids is 1. The van der Waals surface area contributed by atoms with Crippen molar-refractivity contribution in [2.24, 2.45) is 10.1 Å². The van der Waals surface area contributed by atoms with Gasteiger partial charge in [-0.3, -0.25) is 4.79 Å². The first-order chi connectivity index (χ1) is 13.6. The number of benzene rings is 2. The molecule has 0 aromatic heterocycles. The van der Waals surface area contributed by atoms with Crippen molar-refractivity contribution in [2.75, 3.05) is 20.4 Å². The van der Waals surface area contributed by atoms with Crippen molar-refractivity contribution < 1.29 is 9.63 Å². The number of oxime groups is 1. The molecule has 0 aliphatic carbocycles. The average Bonchev–Trinajstić information content (AvgIpc) is 2.75. The summed E-state index contributed by atoms with van der Waals surface area (Å²) in [5, 5.41) is 6.53. The van der Waals surface area contributed by atoms with Gasteiger partial charge in [-0.2, -0.15) is 0 Å². The monoisotopic (exact) mass is 415 g/mol. The molecule has 0 aliphatic heterocycles. The highest BCUT2D eigenvalue weighted by Gasteiger charge is 2.17. The van der Waals surface area contributed by atoms with Crippen LogP contribution in [0.4, 0.5) is 5.69 Å². The van der Waals surface area contributed by atoms with E-state index in [2.05, 4.69) is 29.5 Å². The van der Waals surface area contributed by atoms with E-state index in [1.54, 1.807) is 30.6 Å². The Labute approximate surface area is 175 Å². The Morgan fingerprint density at radius 3 is 2.46 bits per heavy atom. The molecule has 0 saturated carbocycles. The maximum Gasteiger partial charge on any atom is 0.273 e. The molecule has 2 rings (SSSR count). The molecule has 5 nitrogen and oxygen atoms in total. The number of hydrogen-bond acceptors (Lipinski definition) is 6. The summed E-state index contributed by atoms with van der Waals surface area (Å²) in [6.07, 6.45) is 3.03. The Hall–Kier alpha value is -2.25. The van der Waals surface area contributed by atoms with Gasteiger partial charge in [0, 0.05) is 18.4 Å². The first-order valence-corrected chi connectivity index (χ1v) is 11.1. The van der Waals surface area contributed by atoms with E-state index in [1.165, 1.54) is 12.7 Å². The molecular formula is C21H25N3O2S2. The highest BCUT2D eigenvalue weighted by Crippen LogP contribution is 2.26. The van der Waals surface area contributed by atoms with Crippen LogP contribution < -0.4 is 5.32 Å². The minimum atomic E-state index is -0.283. The zero-order valence-electron chi connectivity index (χ0n) is 16.6. The number of nitrogens with one attached hydrogen (secondary N) is 1. The van der Waals surface area contributed by atoms with Crippen LogP contribution in [0.5, 0.6) is 0 Å². The summed E-state index contributed by atoms with van der Waals surface area (Å²) in [7, 11) is 3.01. The Balaban J connectivity index is 2.21. The number of carbonyl (C=O) groups is 1. The fourth-order valence-electron chi connectivity index (χ4n) is 2.49. The maximum atomic E-state index is 12.2. The number of rotatable bonds is 7. The van der Waals surface area contributed by atoms with Crippen molar-refractivity contribution in [2.45, 2.75) is 19.1 Å². The van der Waals surface area contributed by atoms with E-state index in [0.29, 0.717) is 5.75 Å². The van der Waals surface area contributed by atoms with Crippen LogP contribution in [0.2, 0.25) is 0 Å². The number of likely N-dealkylation sites (N-methyl/N-ethyl adjacent to an activating group) is 1. The summed E-state index contributed by atoms with van der Waals surface area (Å²) in [6, 6.07) is 16.0. The lowest BCUT2D eigenvalue weighted by molar-refractivity contribution is -0.114. The van der Waals surface area contributed by atoms with Crippen molar-refractivity contribution >= 4 is 45.2 Å². The molecule has 0 fully saturated rings. The smallest absolute Gasteiger partial charge is 0.273 e. The highest BCUT2D eigenvalue weighted by atomic mass is 32.2. The third-order valence-electron chi connectivity index (χ3n) is 3.99. The first kappa shape index (κ1) is 22.0. The van der Waals surface area contributed by atoms with Crippen molar-refractivity contribution in [3.8, 4) is 0 Å². The van der Waals surface area contributed by atoms with E-state index in [-0.39, 0.29) is 11.6 Å². The molecule has 0 atom stereocenters. The van der Waals surface area contributed by atoms with Gasteiger partial charge in [-0.25, -0.2) is 4.99 Å². The molecule has 0 unspecified atom stereocenters. The molecule has 2 aromatic rings. The van der Waals surface area contributed by atoms with E-state index in [0.717, 1.165) is 27.6 Å². The standard InChI is InChI=1S/C21H25N3O2S2/c1-5-15-10-12-17(13-11-15)23-21(27-4)28-14-16-8-6-7-9-18(16)19(24-26-3)20(25)22-2/h6-13H,5,14H2,1-4H3,(H,22,25)/b23-21?,24-19+. The Morgan fingerprint density at radius 1 is 1.14 bits per heavy atom. The fourth-order valence-corrected chi connectivity index (χ4v) is 4.03. The normalized spacial score (nSPS) is 12.0. The SMILES string of the molecule is CCc1ccc(N=C(SC)SCc2ccccc2/C(=N\OC)C(=O)NC)cc1. The topological polar surface area (TPSA) is 63.1 Å². The zero-order chi connectivity index (χ0) is 20.4. The molecule has 28 heavy (non-hydrogen) atoms. The average molecular weight is 416 g/mol. The number of aryl methyl sites for hydroxylation is 1. The molecule has 2 aromatic carbocycles. The van der Waals surface area contributed by atoms with Crippen LogP contribution in [0, 0.1) is 0 Å². The number of amides is 1. The van der Waals surface area contributed by atoms with Gasteiger partial charge in [0.25, 0.3) is 5.91 Å². The lowest BCUT2D eigenvalue weighted by Gasteiger charge is -2.11. The predicted octanol–water partition coefficient (Wildman–Crippen LogP) is 4.63. The quantitative estimate of drug-likeness (QED) is 0.407. The predicted molar refractivity (Wildman–Crippen MR) is 122 cm³/mol. The third-order valence-corrected chi connectivity index (χ3v) is 6.08. The Kier molecular flexibility index (Phi) is 9.10. The van der Waals surface area contributed by atoms with Gasteiger partial charge in [0.05, 0.1) is 5.69 Å². The van der Waals surface area contributed by atoms with Gasteiger partial charge < -0.3 is 10.2 Å². The minimum Gasteiger partial charge on any atom is -0.398 e. The summed E-state index contributed by atoms with van der Waals surface area (Å²) < 4.78 is 0.962. The molecule has 0 spiro atoms. The van der Waals surface area contributed by atoms with Gasteiger partial charge in [-0.15, -0.1) is 11.8 Å². The number of thioether (sulfide) groups is 2. The number of nitrogens with zero attached hydrogens (tertiary/aromatic N) is 2. The third kappa shape index (κ3) is 6.14. The summed E-state index contributed by atoms with van der Waals surface area (Å²) in [5.74, 6) is 0.386. The van der Waals surface area contributed by atoms with Crippen molar-refractivity contribution in [3.05, 3.63) is 65.2 Å². The second-order valence-electron chi connectivity index (χ2n) is 5.75. The lowest BCUT2D eigenvalue weighted by atomic mass is 10.0. The Morgan fingerprint density at radius 2 is 1.86 bits per heavy atom. The largest absolute Gasteiger partial charge is 0.398 e. The van der Waals surface area contributed by atoms with Crippen LogP contribution in [0.15, 0.2) is 58.7 Å². The van der Waals surface area contributed by atoms with E-state index >= 15 is 0 Å². The van der Waals surface area contributed by atoms with Gasteiger partial charge in [-0.05, 0) is 35.9 Å². The van der Waals surface area contributed by atoms with Crippen molar-refractivity contribution in [3.63, 3.8) is 0 Å². The molecule has 0 saturated heterocycles. The van der Waals surface area contributed by atoms with Crippen LogP contribution >= 0.6 is 23.5 Å². The first-order valence-electron chi connectivity index (χ1n) is 8.88.